The number of halogens is 2. The predicted molar refractivity (Wildman–Crippen MR) is 97.6 cm³/mol. The summed E-state index contributed by atoms with van der Waals surface area (Å²) in [5.74, 6) is 0.510. The number of carbonyl (C=O) groups excluding carboxylic acids is 2. The number of piperazine rings is 1. The zero-order valence-corrected chi connectivity index (χ0v) is 15.7. The Labute approximate surface area is 153 Å². The van der Waals surface area contributed by atoms with Gasteiger partial charge in [0, 0.05) is 48.2 Å². The zero-order chi connectivity index (χ0) is 17.7. The van der Waals surface area contributed by atoms with Crippen LogP contribution in [0.3, 0.4) is 0 Å². The number of hydrogen-bond acceptors (Lipinski definition) is 2. The second-order valence-electron chi connectivity index (χ2n) is 6.43. The van der Waals surface area contributed by atoms with Crippen LogP contribution in [-0.4, -0.2) is 47.8 Å². The Balaban J connectivity index is 1.90. The summed E-state index contributed by atoms with van der Waals surface area (Å²) < 4.78 is 0. The van der Waals surface area contributed by atoms with Crippen molar-refractivity contribution in [1.82, 2.24) is 9.80 Å². The SMILES string of the molecule is CCCC(C)CC(=O)N1CCN(C(=O)c2cc(Cl)cc(Cl)c2)CC1. The highest BCUT2D eigenvalue weighted by atomic mass is 35.5. The van der Waals surface area contributed by atoms with Crippen molar-refractivity contribution in [3.63, 3.8) is 0 Å². The molecular weight excluding hydrogens is 347 g/mol. The Morgan fingerprint density at radius 1 is 1.04 bits per heavy atom. The number of nitrogens with zero attached hydrogens (tertiary/aromatic N) is 2. The van der Waals surface area contributed by atoms with Crippen LogP contribution in [0.15, 0.2) is 18.2 Å². The van der Waals surface area contributed by atoms with E-state index in [0.29, 0.717) is 54.1 Å². The molecule has 1 aliphatic rings. The largest absolute Gasteiger partial charge is 0.339 e. The standard InChI is InChI=1S/C18H24Cl2N2O2/c1-3-4-13(2)9-17(23)21-5-7-22(8-6-21)18(24)14-10-15(19)12-16(20)11-14/h10-13H,3-9H2,1-2H3. The minimum Gasteiger partial charge on any atom is -0.339 e. The van der Waals surface area contributed by atoms with Crippen LogP contribution in [0.4, 0.5) is 0 Å². The van der Waals surface area contributed by atoms with E-state index >= 15 is 0 Å². The lowest BCUT2D eigenvalue weighted by Gasteiger charge is -2.35. The summed E-state index contributed by atoms with van der Waals surface area (Å²) in [6.45, 7) is 6.49. The van der Waals surface area contributed by atoms with Gasteiger partial charge in [-0.15, -0.1) is 0 Å². The van der Waals surface area contributed by atoms with Crippen molar-refractivity contribution < 1.29 is 9.59 Å². The Kier molecular flexibility index (Phi) is 6.93. The Hall–Kier alpha value is -1.26. The molecule has 0 aliphatic carbocycles. The third kappa shape index (κ3) is 5.12. The normalized spacial score (nSPS) is 16.2. The molecule has 2 rings (SSSR count). The highest BCUT2D eigenvalue weighted by Crippen LogP contribution is 2.21. The maximum atomic E-state index is 12.5. The second-order valence-corrected chi connectivity index (χ2v) is 7.30. The molecule has 1 aromatic rings. The van der Waals surface area contributed by atoms with E-state index in [1.165, 1.54) is 0 Å². The fourth-order valence-corrected chi connectivity index (χ4v) is 3.57. The molecular formula is C18H24Cl2N2O2. The van der Waals surface area contributed by atoms with Gasteiger partial charge < -0.3 is 9.80 Å². The van der Waals surface area contributed by atoms with E-state index in [0.717, 1.165) is 12.8 Å². The third-order valence-corrected chi connectivity index (χ3v) is 4.77. The van der Waals surface area contributed by atoms with Crippen LogP contribution in [0.5, 0.6) is 0 Å². The number of benzene rings is 1. The van der Waals surface area contributed by atoms with E-state index in [2.05, 4.69) is 13.8 Å². The van der Waals surface area contributed by atoms with Crippen molar-refractivity contribution in [3.8, 4) is 0 Å². The number of rotatable bonds is 5. The van der Waals surface area contributed by atoms with E-state index in [1.54, 1.807) is 23.1 Å². The topological polar surface area (TPSA) is 40.6 Å². The van der Waals surface area contributed by atoms with E-state index in [4.69, 9.17) is 23.2 Å². The Morgan fingerprint density at radius 2 is 1.58 bits per heavy atom. The minimum atomic E-state index is -0.0918. The molecule has 6 heteroatoms. The lowest BCUT2D eigenvalue weighted by atomic mass is 10.0. The highest BCUT2D eigenvalue weighted by Gasteiger charge is 2.25. The van der Waals surface area contributed by atoms with E-state index in [-0.39, 0.29) is 11.8 Å². The van der Waals surface area contributed by atoms with Gasteiger partial charge >= 0.3 is 0 Å². The predicted octanol–water partition coefficient (Wildman–Crippen LogP) is 4.10. The van der Waals surface area contributed by atoms with Gasteiger partial charge in [-0.05, 0) is 24.1 Å². The lowest BCUT2D eigenvalue weighted by Crippen LogP contribution is -2.50. The molecule has 0 saturated carbocycles. The Bertz CT molecular complexity index is 578. The fraction of sp³-hybridized carbons (Fsp3) is 0.556. The quantitative estimate of drug-likeness (QED) is 0.782. The van der Waals surface area contributed by atoms with Crippen molar-refractivity contribution >= 4 is 35.0 Å². The molecule has 0 aromatic heterocycles. The number of carbonyl (C=O) groups is 2. The van der Waals surface area contributed by atoms with Gasteiger partial charge in [0.2, 0.25) is 5.91 Å². The summed E-state index contributed by atoms with van der Waals surface area (Å²) in [7, 11) is 0. The van der Waals surface area contributed by atoms with E-state index < -0.39 is 0 Å². The monoisotopic (exact) mass is 370 g/mol. The van der Waals surface area contributed by atoms with E-state index in [1.807, 2.05) is 4.90 Å². The van der Waals surface area contributed by atoms with Crippen LogP contribution < -0.4 is 0 Å². The van der Waals surface area contributed by atoms with Crippen molar-refractivity contribution in [2.75, 3.05) is 26.2 Å². The molecule has 1 heterocycles. The number of amides is 2. The average Bonchev–Trinajstić information content (AvgIpc) is 2.53. The smallest absolute Gasteiger partial charge is 0.254 e. The molecule has 1 atom stereocenters. The first kappa shape index (κ1) is 19.1. The maximum Gasteiger partial charge on any atom is 0.254 e. The molecule has 4 nitrogen and oxygen atoms in total. The first-order chi connectivity index (χ1) is 11.4. The maximum absolute atomic E-state index is 12.5. The molecule has 0 N–H and O–H groups in total. The van der Waals surface area contributed by atoms with Gasteiger partial charge in [0.05, 0.1) is 0 Å². The summed E-state index contributed by atoms with van der Waals surface area (Å²) in [5, 5.41) is 0.897. The summed E-state index contributed by atoms with van der Waals surface area (Å²) in [6.07, 6.45) is 2.75. The molecule has 24 heavy (non-hydrogen) atoms. The van der Waals surface area contributed by atoms with Gasteiger partial charge in [0.1, 0.15) is 0 Å². The van der Waals surface area contributed by atoms with Gasteiger partial charge in [-0.2, -0.15) is 0 Å². The third-order valence-electron chi connectivity index (χ3n) is 4.33. The summed E-state index contributed by atoms with van der Waals surface area (Å²) in [4.78, 5) is 28.5. The molecule has 0 spiro atoms. The molecule has 1 saturated heterocycles. The summed E-state index contributed by atoms with van der Waals surface area (Å²) in [6, 6.07) is 4.85. The molecule has 1 fully saturated rings. The van der Waals surface area contributed by atoms with Gasteiger partial charge in [-0.25, -0.2) is 0 Å². The molecule has 132 valence electrons. The van der Waals surface area contributed by atoms with Gasteiger partial charge in [0.15, 0.2) is 0 Å². The first-order valence-electron chi connectivity index (χ1n) is 8.43. The van der Waals surface area contributed by atoms with Crippen molar-refractivity contribution in [1.29, 1.82) is 0 Å². The van der Waals surface area contributed by atoms with Gasteiger partial charge in [-0.3, -0.25) is 9.59 Å². The molecule has 1 aliphatic heterocycles. The van der Waals surface area contributed by atoms with Crippen molar-refractivity contribution in [2.24, 2.45) is 5.92 Å². The number of hydrogen-bond donors (Lipinski definition) is 0. The van der Waals surface area contributed by atoms with Gasteiger partial charge in [0.25, 0.3) is 5.91 Å². The minimum absolute atomic E-state index is 0.0918. The first-order valence-corrected chi connectivity index (χ1v) is 9.19. The lowest BCUT2D eigenvalue weighted by molar-refractivity contribution is -0.133. The van der Waals surface area contributed by atoms with Crippen LogP contribution in [-0.2, 0) is 4.79 Å². The van der Waals surface area contributed by atoms with E-state index in [9.17, 15) is 9.59 Å². The van der Waals surface area contributed by atoms with Crippen molar-refractivity contribution in [3.05, 3.63) is 33.8 Å². The Morgan fingerprint density at radius 3 is 2.12 bits per heavy atom. The van der Waals surface area contributed by atoms with Crippen LogP contribution in [0.1, 0.15) is 43.5 Å². The zero-order valence-electron chi connectivity index (χ0n) is 14.2. The fourth-order valence-electron chi connectivity index (χ4n) is 3.04. The highest BCUT2D eigenvalue weighted by molar-refractivity contribution is 6.35. The molecule has 0 bridgehead atoms. The van der Waals surface area contributed by atoms with Crippen LogP contribution >= 0.6 is 23.2 Å². The van der Waals surface area contributed by atoms with Gasteiger partial charge in [-0.1, -0.05) is 49.9 Å². The summed E-state index contributed by atoms with van der Waals surface area (Å²) >= 11 is 11.9. The van der Waals surface area contributed by atoms with Crippen LogP contribution in [0, 0.1) is 5.92 Å². The second kappa shape index (κ2) is 8.72. The van der Waals surface area contributed by atoms with Crippen LogP contribution in [0.25, 0.3) is 0 Å². The summed E-state index contributed by atoms with van der Waals surface area (Å²) in [5.41, 5.74) is 0.490. The van der Waals surface area contributed by atoms with Crippen LogP contribution in [0.2, 0.25) is 10.0 Å². The average molecular weight is 371 g/mol. The molecule has 1 unspecified atom stereocenters. The van der Waals surface area contributed by atoms with Crippen molar-refractivity contribution in [2.45, 2.75) is 33.1 Å². The molecule has 1 aromatic carbocycles. The molecule has 0 radical (unpaired) electrons. The molecule has 2 amide bonds.